The molecule has 0 saturated carbocycles. The van der Waals surface area contributed by atoms with Gasteiger partial charge in [0.2, 0.25) is 0 Å². The summed E-state index contributed by atoms with van der Waals surface area (Å²) in [5, 5.41) is 8.19. The van der Waals surface area contributed by atoms with Crippen molar-refractivity contribution in [3.63, 3.8) is 0 Å². The van der Waals surface area contributed by atoms with Crippen LogP contribution in [-0.2, 0) is 23.9 Å². The van der Waals surface area contributed by atoms with Gasteiger partial charge in [-0.2, -0.15) is 0 Å². The van der Waals surface area contributed by atoms with Crippen LogP contribution >= 0.6 is 0 Å². The second kappa shape index (κ2) is 14.0. The van der Waals surface area contributed by atoms with Gasteiger partial charge in [0.1, 0.15) is 0 Å². The average Bonchev–Trinajstić information content (AvgIpc) is 2.45. The van der Waals surface area contributed by atoms with Crippen molar-refractivity contribution in [2.75, 3.05) is 13.2 Å². The van der Waals surface area contributed by atoms with E-state index in [1.807, 2.05) is 6.92 Å². The highest BCUT2D eigenvalue weighted by atomic mass is 16.5. The van der Waals surface area contributed by atoms with E-state index in [4.69, 9.17) is 5.11 Å². The molecule has 0 radical (unpaired) electrons. The second-order valence-electron chi connectivity index (χ2n) is 3.64. The highest BCUT2D eigenvalue weighted by Crippen LogP contribution is 1.96. The van der Waals surface area contributed by atoms with Crippen LogP contribution in [0.5, 0.6) is 0 Å². The summed E-state index contributed by atoms with van der Waals surface area (Å²) in [6, 6.07) is 0. The molecular formula is C15H22O6. The smallest absolute Gasteiger partial charge is 0.337 e. The molecule has 0 unspecified atom stereocenters. The molecule has 118 valence electrons. The van der Waals surface area contributed by atoms with Crippen LogP contribution in [0.1, 0.15) is 26.7 Å². The van der Waals surface area contributed by atoms with Crippen LogP contribution in [-0.4, -0.2) is 36.2 Å². The van der Waals surface area contributed by atoms with Crippen LogP contribution in [0.2, 0.25) is 0 Å². The van der Waals surface area contributed by atoms with E-state index in [1.54, 1.807) is 6.92 Å². The average molecular weight is 298 g/mol. The summed E-state index contributed by atoms with van der Waals surface area (Å²) in [6.07, 6.45) is 5.08. The number of carbonyl (C=O) groups excluding carboxylic acids is 2. The molecule has 0 amide bonds. The van der Waals surface area contributed by atoms with Crippen molar-refractivity contribution in [2.24, 2.45) is 0 Å². The third-order valence-corrected chi connectivity index (χ3v) is 1.87. The molecule has 0 aromatic carbocycles. The van der Waals surface area contributed by atoms with Gasteiger partial charge in [0, 0.05) is 12.2 Å². The van der Waals surface area contributed by atoms with Crippen molar-refractivity contribution in [3.05, 3.63) is 37.0 Å². The van der Waals surface area contributed by atoms with Crippen molar-refractivity contribution >= 4 is 17.9 Å². The molecule has 0 fully saturated rings. The van der Waals surface area contributed by atoms with E-state index in [0.717, 1.165) is 25.0 Å². The number of hydrogen-bond donors (Lipinski definition) is 1. The number of carboxylic acid groups (broad SMARTS) is 1. The minimum atomic E-state index is -1.12. The number of esters is 2. The number of rotatable bonds is 8. The van der Waals surface area contributed by atoms with E-state index in [2.05, 4.69) is 22.6 Å². The van der Waals surface area contributed by atoms with Gasteiger partial charge in [0.15, 0.2) is 0 Å². The van der Waals surface area contributed by atoms with Gasteiger partial charge < -0.3 is 14.6 Å². The molecule has 0 aliphatic heterocycles. The Labute approximate surface area is 124 Å². The lowest BCUT2D eigenvalue weighted by molar-refractivity contribution is -0.138. The maximum Gasteiger partial charge on any atom is 0.337 e. The molecule has 0 bridgehead atoms. The zero-order valence-corrected chi connectivity index (χ0v) is 12.5. The highest BCUT2D eigenvalue weighted by molar-refractivity contribution is 5.93. The Kier molecular flexibility index (Phi) is 14.0. The number of ether oxygens (including phenoxy) is 2. The fourth-order valence-electron chi connectivity index (χ4n) is 0.840. The maximum atomic E-state index is 10.8. The Morgan fingerprint density at radius 1 is 1.14 bits per heavy atom. The molecule has 0 aliphatic carbocycles. The lowest BCUT2D eigenvalue weighted by Crippen LogP contribution is -2.05. The topological polar surface area (TPSA) is 89.9 Å². The zero-order chi connectivity index (χ0) is 16.7. The Bertz CT molecular complexity index is 395. The Balaban J connectivity index is 0. The number of carboxylic acids is 1. The van der Waals surface area contributed by atoms with Gasteiger partial charge in [-0.3, -0.25) is 0 Å². The monoisotopic (exact) mass is 298 g/mol. The lowest BCUT2D eigenvalue weighted by atomic mass is 10.3. The lowest BCUT2D eigenvalue weighted by Gasteiger charge is -1.98. The van der Waals surface area contributed by atoms with Crippen LogP contribution in [0.15, 0.2) is 37.0 Å². The van der Waals surface area contributed by atoms with E-state index in [9.17, 15) is 14.4 Å². The minimum Gasteiger partial charge on any atom is -0.478 e. The predicted molar refractivity (Wildman–Crippen MR) is 78.6 cm³/mol. The predicted octanol–water partition coefficient (Wildman–Crippen LogP) is 2.26. The fraction of sp³-hybridized carbons (Fsp3) is 0.400. The first kappa shape index (κ1) is 20.9. The van der Waals surface area contributed by atoms with Gasteiger partial charge in [-0.15, -0.1) is 0 Å². The first-order chi connectivity index (χ1) is 9.88. The molecular weight excluding hydrogens is 276 g/mol. The van der Waals surface area contributed by atoms with Crippen LogP contribution in [0, 0.1) is 0 Å². The summed E-state index contributed by atoms with van der Waals surface area (Å²) < 4.78 is 9.23. The van der Waals surface area contributed by atoms with Gasteiger partial charge in [-0.1, -0.05) is 26.5 Å². The summed E-state index contributed by atoms with van der Waals surface area (Å²) >= 11 is 0. The second-order valence-corrected chi connectivity index (χ2v) is 3.64. The first-order valence-corrected chi connectivity index (χ1v) is 6.45. The first-order valence-electron chi connectivity index (χ1n) is 6.45. The van der Waals surface area contributed by atoms with E-state index < -0.39 is 11.9 Å². The van der Waals surface area contributed by atoms with Gasteiger partial charge in [-0.25, -0.2) is 14.4 Å². The summed E-state index contributed by atoms with van der Waals surface area (Å²) in [5.74, 6) is -2.06. The quantitative estimate of drug-likeness (QED) is 0.320. The van der Waals surface area contributed by atoms with E-state index in [-0.39, 0.29) is 18.1 Å². The zero-order valence-electron chi connectivity index (χ0n) is 12.5. The van der Waals surface area contributed by atoms with Crippen molar-refractivity contribution in [3.8, 4) is 0 Å². The fourth-order valence-corrected chi connectivity index (χ4v) is 0.840. The molecule has 0 rings (SSSR count). The molecule has 0 aromatic rings. The van der Waals surface area contributed by atoms with Crippen LogP contribution in [0.25, 0.3) is 0 Å². The molecule has 6 heteroatoms. The van der Waals surface area contributed by atoms with E-state index >= 15 is 0 Å². The van der Waals surface area contributed by atoms with Gasteiger partial charge >= 0.3 is 17.9 Å². The summed E-state index contributed by atoms with van der Waals surface area (Å²) in [5.41, 5.74) is 0.0271. The Morgan fingerprint density at radius 3 is 2.19 bits per heavy atom. The van der Waals surface area contributed by atoms with Gasteiger partial charge in [-0.05, 0) is 19.4 Å². The van der Waals surface area contributed by atoms with E-state index in [0.29, 0.717) is 6.61 Å². The van der Waals surface area contributed by atoms with Crippen LogP contribution in [0.4, 0.5) is 0 Å². The highest BCUT2D eigenvalue weighted by Gasteiger charge is 2.03. The van der Waals surface area contributed by atoms with Crippen molar-refractivity contribution in [1.82, 2.24) is 0 Å². The molecule has 0 atom stereocenters. The molecule has 6 nitrogen and oxygen atoms in total. The summed E-state index contributed by atoms with van der Waals surface area (Å²) in [6.45, 7) is 11.1. The number of hydrogen-bond acceptors (Lipinski definition) is 5. The van der Waals surface area contributed by atoms with Crippen LogP contribution in [0.3, 0.4) is 0 Å². The normalized spacial score (nSPS) is 9.24. The minimum absolute atomic E-state index is 0.0271. The SMILES string of the molecule is C=C(C=CC(=O)O)C(=O)OCC.C=CC(=O)OCCCC. The standard InChI is InChI=1S/C8H10O4.C7H12O2/c1-3-12-8(11)6(2)4-5-7(9)10;1-3-5-6-9-7(8)4-2/h4-5H,2-3H2,1H3,(H,9,10);4H,2-3,5-6H2,1H3. The van der Waals surface area contributed by atoms with Crippen molar-refractivity contribution in [1.29, 1.82) is 0 Å². The van der Waals surface area contributed by atoms with Crippen molar-refractivity contribution < 1.29 is 29.0 Å². The molecule has 0 aliphatic rings. The molecule has 1 N–H and O–H groups in total. The Morgan fingerprint density at radius 2 is 1.76 bits per heavy atom. The Hall–Kier alpha value is -2.37. The molecule has 0 spiro atoms. The number of unbranched alkanes of at least 4 members (excludes halogenated alkanes) is 1. The maximum absolute atomic E-state index is 10.8. The summed E-state index contributed by atoms with van der Waals surface area (Å²) in [7, 11) is 0. The third-order valence-electron chi connectivity index (χ3n) is 1.87. The molecule has 0 aromatic heterocycles. The summed E-state index contributed by atoms with van der Waals surface area (Å²) in [4.78, 5) is 31.1. The van der Waals surface area contributed by atoms with Gasteiger partial charge in [0.25, 0.3) is 0 Å². The van der Waals surface area contributed by atoms with Crippen molar-refractivity contribution in [2.45, 2.75) is 26.7 Å². The number of carbonyl (C=O) groups is 3. The molecule has 21 heavy (non-hydrogen) atoms. The molecule has 0 heterocycles. The number of aliphatic carboxylic acids is 1. The van der Waals surface area contributed by atoms with E-state index in [1.165, 1.54) is 6.08 Å². The van der Waals surface area contributed by atoms with Crippen LogP contribution < -0.4 is 0 Å². The third kappa shape index (κ3) is 15.6. The molecule has 0 saturated heterocycles. The van der Waals surface area contributed by atoms with Gasteiger partial charge in [0.05, 0.1) is 18.8 Å². The largest absolute Gasteiger partial charge is 0.478 e.